The molecule has 0 saturated carbocycles. The normalized spacial score (nSPS) is 21.7. The monoisotopic (exact) mass is 326 g/mol. The molecule has 0 spiro atoms. The van der Waals surface area contributed by atoms with Crippen molar-refractivity contribution in [3.63, 3.8) is 0 Å². The second-order valence-electron chi connectivity index (χ2n) is 5.85. The fourth-order valence-corrected chi connectivity index (χ4v) is 3.30. The Morgan fingerprint density at radius 2 is 2.13 bits per heavy atom. The van der Waals surface area contributed by atoms with Gasteiger partial charge in [0.15, 0.2) is 5.84 Å². The maximum atomic E-state index is 6.20. The quantitative estimate of drug-likeness (QED) is 0.526. The molecule has 0 aromatic heterocycles. The van der Waals surface area contributed by atoms with Crippen LogP contribution in [0.5, 0.6) is 0 Å². The molecule has 4 nitrogen and oxygen atoms in total. The number of amidine groups is 2. The predicted octanol–water partition coefficient (Wildman–Crippen LogP) is 2.23. The van der Waals surface area contributed by atoms with Gasteiger partial charge in [0.05, 0.1) is 0 Å². The Balaban J connectivity index is 1.91. The van der Waals surface area contributed by atoms with Crippen LogP contribution < -0.4 is 11.0 Å². The highest BCUT2D eigenvalue weighted by Crippen LogP contribution is 2.34. The molecule has 3 rings (SSSR count). The van der Waals surface area contributed by atoms with Gasteiger partial charge in [0.2, 0.25) is 0 Å². The Bertz CT molecular complexity index is 700. The molecule has 1 fully saturated rings. The van der Waals surface area contributed by atoms with Crippen molar-refractivity contribution in [1.29, 1.82) is 0 Å². The maximum Gasteiger partial charge on any atom is 0.158 e. The fraction of sp³-hybridized carbons (Fsp3) is 0.333. The van der Waals surface area contributed by atoms with Gasteiger partial charge in [-0.15, -0.1) is 9.24 Å². The van der Waals surface area contributed by atoms with Crippen LogP contribution in [0.3, 0.4) is 0 Å². The minimum atomic E-state index is 0.451. The molecule has 0 aliphatic carbocycles. The van der Waals surface area contributed by atoms with Crippen LogP contribution in [-0.2, 0) is 0 Å². The van der Waals surface area contributed by atoms with Crippen LogP contribution >= 0.6 is 9.24 Å². The van der Waals surface area contributed by atoms with Crippen LogP contribution in [0.4, 0.5) is 0 Å². The third-order valence-electron chi connectivity index (χ3n) is 4.30. The van der Waals surface area contributed by atoms with E-state index < -0.39 is 0 Å². The van der Waals surface area contributed by atoms with E-state index in [0.29, 0.717) is 24.3 Å². The Labute approximate surface area is 140 Å². The van der Waals surface area contributed by atoms with Gasteiger partial charge in [-0.1, -0.05) is 30.8 Å². The molecule has 5 heteroatoms. The first-order valence-electron chi connectivity index (χ1n) is 8.02. The summed E-state index contributed by atoms with van der Waals surface area (Å²) in [4.78, 5) is 11.5. The van der Waals surface area contributed by atoms with Crippen molar-refractivity contribution < 1.29 is 0 Å². The third-order valence-corrected chi connectivity index (χ3v) is 4.68. The van der Waals surface area contributed by atoms with Gasteiger partial charge in [-0.25, -0.2) is 4.99 Å². The molecule has 120 valence electrons. The number of rotatable bonds is 3. The summed E-state index contributed by atoms with van der Waals surface area (Å²) in [6, 6.07) is 8.40. The van der Waals surface area contributed by atoms with Crippen molar-refractivity contribution in [2.24, 2.45) is 15.7 Å². The number of hydrogen-bond acceptors (Lipinski definition) is 2. The molecule has 0 amide bonds. The minimum Gasteiger partial charge on any atom is -0.383 e. The molecule has 1 saturated heterocycles. The highest BCUT2D eigenvalue weighted by molar-refractivity contribution is 7.27. The Morgan fingerprint density at radius 3 is 2.78 bits per heavy atom. The van der Waals surface area contributed by atoms with Gasteiger partial charge >= 0.3 is 0 Å². The SMILES string of the molecule is C=C1C(C(=NCC)N=C(N)c2ccc(P)cc2)=CC2CCCN12. The summed E-state index contributed by atoms with van der Waals surface area (Å²) in [7, 11) is 2.67. The van der Waals surface area contributed by atoms with E-state index >= 15 is 0 Å². The maximum absolute atomic E-state index is 6.20. The van der Waals surface area contributed by atoms with Crippen LogP contribution in [0.25, 0.3) is 0 Å². The van der Waals surface area contributed by atoms with Crippen molar-refractivity contribution in [2.75, 3.05) is 13.1 Å². The lowest BCUT2D eigenvalue weighted by molar-refractivity contribution is 0.398. The molecule has 2 aliphatic rings. The van der Waals surface area contributed by atoms with Gasteiger partial charge in [0.1, 0.15) is 5.84 Å². The number of nitrogens with zero attached hydrogens (tertiary/aromatic N) is 3. The van der Waals surface area contributed by atoms with Crippen molar-refractivity contribution in [3.05, 3.63) is 53.8 Å². The summed E-state index contributed by atoms with van der Waals surface area (Å²) in [5.74, 6) is 1.18. The van der Waals surface area contributed by atoms with E-state index in [1.54, 1.807) is 0 Å². The molecule has 2 N–H and O–H groups in total. The van der Waals surface area contributed by atoms with E-state index in [-0.39, 0.29) is 0 Å². The number of benzene rings is 1. The van der Waals surface area contributed by atoms with Crippen molar-refractivity contribution in [2.45, 2.75) is 25.8 Å². The largest absolute Gasteiger partial charge is 0.383 e. The molecule has 1 aromatic rings. The topological polar surface area (TPSA) is 54.0 Å². The summed E-state index contributed by atoms with van der Waals surface area (Å²) in [6.07, 6.45) is 4.64. The van der Waals surface area contributed by atoms with Crippen LogP contribution in [-0.4, -0.2) is 35.7 Å². The summed E-state index contributed by atoms with van der Waals surface area (Å²) in [6.45, 7) is 7.98. The van der Waals surface area contributed by atoms with Crippen LogP contribution in [0.2, 0.25) is 0 Å². The van der Waals surface area contributed by atoms with Crippen molar-refractivity contribution in [1.82, 2.24) is 4.90 Å². The Morgan fingerprint density at radius 1 is 1.39 bits per heavy atom. The molecule has 0 bridgehead atoms. The molecular weight excluding hydrogens is 303 g/mol. The number of fused-ring (bicyclic) bond motifs is 1. The lowest BCUT2D eigenvalue weighted by Crippen LogP contribution is -2.22. The van der Waals surface area contributed by atoms with Gasteiger partial charge in [0.25, 0.3) is 0 Å². The van der Waals surface area contributed by atoms with Gasteiger partial charge in [0, 0.05) is 36.0 Å². The lowest BCUT2D eigenvalue weighted by atomic mass is 10.1. The summed E-state index contributed by atoms with van der Waals surface area (Å²) < 4.78 is 0. The first-order chi connectivity index (χ1) is 11.1. The molecular formula is C18H23N4P. The predicted molar refractivity (Wildman–Crippen MR) is 101 cm³/mol. The fourth-order valence-electron chi connectivity index (χ4n) is 3.11. The summed E-state index contributed by atoms with van der Waals surface area (Å²) in [5.41, 5.74) is 9.16. The van der Waals surface area contributed by atoms with E-state index in [1.165, 1.54) is 12.8 Å². The molecule has 2 aliphatic heterocycles. The van der Waals surface area contributed by atoms with Crippen LogP contribution in [0, 0.1) is 0 Å². The highest BCUT2D eigenvalue weighted by Gasteiger charge is 2.33. The van der Waals surface area contributed by atoms with E-state index in [4.69, 9.17) is 5.73 Å². The Kier molecular flexibility index (Phi) is 4.63. The average Bonchev–Trinajstić information content (AvgIpc) is 3.11. The van der Waals surface area contributed by atoms with Gasteiger partial charge < -0.3 is 10.6 Å². The molecule has 0 radical (unpaired) electrons. The molecule has 23 heavy (non-hydrogen) atoms. The van der Waals surface area contributed by atoms with Crippen LogP contribution in [0.15, 0.2) is 58.2 Å². The molecule has 2 unspecified atom stereocenters. The molecule has 2 atom stereocenters. The zero-order chi connectivity index (χ0) is 16.4. The third kappa shape index (κ3) is 3.23. The van der Waals surface area contributed by atoms with E-state index in [9.17, 15) is 0 Å². The van der Waals surface area contributed by atoms with E-state index in [1.807, 2.05) is 31.2 Å². The average molecular weight is 326 g/mol. The highest BCUT2D eigenvalue weighted by atomic mass is 31.0. The van der Waals surface area contributed by atoms with Crippen molar-refractivity contribution >= 4 is 26.2 Å². The van der Waals surface area contributed by atoms with E-state index in [0.717, 1.165) is 28.7 Å². The van der Waals surface area contributed by atoms with Gasteiger partial charge in [-0.2, -0.15) is 0 Å². The number of nitrogens with two attached hydrogens (primary N) is 1. The Hall–Kier alpha value is -1.93. The van der Waals surface area contributed by atoms with Gasteiger partial charge in [-0.05, 0) is 31.1 Å². The standard InChI is InChI=1S/C18H23N4P/c1-3-20-18(16-11-14-5-4-10-22(14)12(16)2)21-17(19)13-6-8-15(23)9-7-13/h6-9,11,14H,2-5,10,23H2,1H3,(H2,19,20,21). The van der Waals surface area contributed by atoms with Crippen molar-refractivity contribution in [3.8, 4) is 0 Å². The second kappa shape index (κ2) is 6.67. The first kappa shape index (κ1) is 15.9. The minimum absolute atomic E-state index is 0.451. The smallest absolute Gasteiger partial charge is 0.158 e. The zero-order valence-electron chi connectivity index (χ0n) is 13.5. The molecule has 1 aromatic carbocycles. The lowest BCUT2D eigenvalue weighted by Gasteiger charge is -2.19. The van der Waals surface area contributed by atoms with Crippen LogP contribution in [0.1, 0.15) is 25.3 Å². The zero-order valence-corrected chi connectivity index (χ0v) is 14.7. The molecule has 2 heterocycles. The second-order valence-corrected chi connectivity index (χ2v) is 6.51. The van der Waals surface area contributed by atoms with Gasteiger partial charge in [-0.3, -0.25) is 4.99 Å². The first-order valence-corrected chi connectivity index (χ1v) is 8.60. The number of hydrogen-bond donors (Lipinski definition) is 1. The summed E-state index contributed by atoms with van der Waals surface area (Å²) in [5, 5.41) is 1.12. The number of aliphatic imine (C=N–C) groups is 2. The van der Waals surface area contributed by atoms with E-state index in [2.05, 4.69) is 36.8 Å². The summed E-state index contributed by atoms with van der Waals surface area (Å²) >= 11 is 0.